The highest BCUT2D eigenvalue weighted by atomic mass is 19.4. The Morgan fingerprint density at radius 1 is 0.523 bits per heavy atom. The van der Waals surface area contributed by atoms with E-state index in [9.17, 15) is 36.6 Å². The molecule has 1 aliphatic rings. The summed E-state index contributed by atoms with van der Waals surface area (Å²) in [5.41, 5.74) is -0.754. The molecule has 0 spiro atoms. The minimum Gasteiger partial charge on any atom is -0.507 e. The fraction of sp³-hybridized carbons (Fsp3) is 0.294. The lowest BCUT2D eigenvalue weighted by atomic mass is 9.89. The van der Waals surface area contributed by atoms with Crippen molar-refractivity contribution in [1.82, 2.24) is 10.6 Å². The summed E-state index contributed by atoms with van der Waals surface area (Å²) in [6, 6.07) is 19.6. The third kappa shape index (κ3) is 6.87. The number of para-hydroxylation sites is 2. The third-order valence-corrected chi connectivity index (χ3v) is 8.16. The molecule has 44 heavy (non-hydrogen) atoms. The Kier molecular flexibility index (Phi) is 9.22. The summed E-state index contributed by atoms with van der Waals surface area (Å²) in [6.07, 6.45) is -5.63. The minimum absolute atomic E-state index is 0.0504. The number of benzene rings is 4. The predicted molar refractivity (Wildman–Crippen MR) is 157 cm³/mol. The molecule has 1 fully saturated rings. The van der Waals surface area contributed by atoms with Crippen molar-refractivity contribution in [3.8, 4) is 33.8 Å². The summed E-state index contributed by atoms with van der Waals surface area (Å²) >= 11 is 0. The minimum atomic E-state index is -4.58. The molecule has 0 aliphatic heterocycles. The summed E-state index contributed by atoms with van der Waals surface area (Å²) in [6.45, 7) is 0.428. The monoisotopic (exact) mass is 614 g/mol. The van der Waals surface area contributed by atoms with Crippen LogP contribution in [0.1, 0.15) is 47.9 Å². The molecule has 0 heterocycles. The van der Waals surface area contributed by atoms with Crippen LogP contribution in [0.2, 0.25) is 0 Å². The lowest BCUT2D eigenvalue weighted by Crippen LogP contribution is -2.49. The Balaban J connectivity index is 1.30. The normalized spacial score (nSPS) is 17.5. The van der Waals surface area contributed by atoms with E-state index in [4.69, 9.17) is 0 Å². The quantitative estimate of drug-likeness (QED) is 0.150. The van der Waals surface area contributed by atoms with Gasteiger partial charge in [0.1, 0.15) is 11.5 Å². The fourth-order valence-electron chi connectivity index (χ4n) is 5.93. The molecule has 4 nitrogen and oxygen atoms in total. The third-order valence-electron chi connectivity index (χ3n) is 8.16. The number of rotatable bonds is 8. The van der Waals surface area contributed by atoms with Crippen LogP contribution in [0, 0.1) is 0 Å². The van der Waals surface area contributed by atoms with Crippen LogP contribution in [0.25, 0.3) is 22.3 Å². The number of nitrogens with one attached hydrogen (secondary N) is 2. The van der Waals surface area contributed by atoms with Crippen molar-refractivity contribution in [3.05, 3.63) is 107 Å². The Labute approximate surface area is 251 Å². The van der Waals surface area contributed by atoms with Crippen molar-refractivity contribution in [1.29, 1.82) is 0 Å². The Morgan fingerprint density at radius 2 is 0.886 bits per heavy atom. The van der Waals surface area contributed by atoms with Gasteiger partial charge in [0.15, 0.2) is 0 Å². The summed E-state index contributed by atoms with van der Waals surface area (Å²) < 4.78 is 81.8. The first-order chi connectivity index (χ1) is 20.9. The summed E-state index contributed by atoms with van der Waals surface area (Å²) in [4.78, 5) is 0. The molecule has 0 saturated heterocycles. The highest BCUT2D eigenvalue weighted by Gasteiger charge is 2.35. The maximum Gasteiger partial charge on any atom is 0.417 e. The molecular weight excluding hydrogens is 582 g/mol. The van der Waals surface area contributed by atoms with Crippen LogP contribution in [0.5, 0.6) is 11.5 Å². The standard InChI is InChI=1S/C34H32F6N2O2/c35-33(36,37)27-15-3-1-11-23(27)25-13-7-9-21(31(25)43)19-41-29-17-5-6-18-30(29)42-20-22-10-8-14-26(32(22)44)24-12-2-4-16-28(24)34(38,39)40/h1-4,7-16,29-30,41-44H,5-6,17-20H2/t29-,30-/m0/s1. The first-order valence-corrected chi connectivity index (χ1v) is 14.4. The Morgan fingerprint density at radius 3 is 1.27 bits per heavy atom. The maximum atomic E-state index is 13.6. The second-order valence-electron chi connectivity index (χ2n) is 11.0. The van der Waals surface area contributed by atoms with E-state index in [1.807, 2.05) is 0 Å². The van der Waals surface area contributed by atoms with Gasteiger partial charge in [0, 0.05) is 47.4 Å². The SMILES string of the molecule is Oc1c(CN[C@H]2CCCC[C@@H]2NCc2cccc(-c3ccccc3C(F)(F)F)c2O)cccc1-c1ccccc1C(F)(F)F. The van der Waals surface area contributed by atoms with Gasteiger partial charge in [0.2, 0.25) is 0 Å². The largest absolute Gasteiger partial charge is 0.507 e. The molecule has 0 aromatic heterocycles. The van der Waals surface area contributed by atoms with Crippen molar-refractivity contribution >= 4 is 0 Å². The second kappa shape index (κ2) is 12.9. The van der Waals surface area contributed by atoms with Gasteiger partial charge in [-0.05, 0) is 36.1 Å². The van der Waals surface area contributed by atoms with Crippen LogP contribution in [-0.4, -0.2) is 22.3 Å². The lowest BCUT2D eigenvalue weighted by Gasteiger charge is -2.33. The van der Waals surface area contributed by atoms with Crippen LogP contribution in [-0.2, 0) is 25.4 Å². The Bertz CT molecular complexity index is 1480. The number of aromatic hydroxyl groups is 2. The van der Waals surface area contributed by atoms with Crippen LogP contribution in [0.3, 0.4) is 0 Å². The topological polar surface area (TPSA) is 64.5 Å². The van der Waals surface area contributed by atoms with Gasteiger partial charge in [-0.3, -0.25) is 0 Å². The van der Waals surface area contributed by atoms with E-state index in [1.165, 1.54) is 48.5 Å². The lowest BCUT2D eigenvalue weighted by molar-refractivity contribution is -0.137. The molecule has 1 saturated carbocycles. The van der Waals surface area contributed by atoms with E-state index in [2.05, 4.69) is 10.6 Å². The number of hydrogen-bond donors (Lipinski definition) is 4. The van der Waals surface area contributed by atoms with Gasteiger partial charge in [-0.2, -0.15) is 26.3 Å². The number of halogens is 6. The second-order valence-corrected chi connectivity index (χ2v) is 11.0. The molecule has 5 rings (SSSR count). The summed E-state index contributed by atoms with van der Waals surface area (Å²) in [7, 11) is 0. The zero-order valence-corrected chi connectivity index (χ0v) is 23.6. The van der Waals surface area contributed by atoms with E-state index in [-0.39, 0.29) is 58.9 Å². The van der Waals surface area contributed by atoms with Crippen LogP contribution >= 0.6 is 0 Å². The predicted octanol–water partition coefficient (Wildman–Crippen LogP) is 8.66. The van der Waals surface area contributed by atoms with Gasteiger partial charge in [0.25, 0.3) is 0 Å². The molecule has 1 aliphatic carbocycles. The number of alkyl halides is 6. The molecular formula is C34H32F6N2O2. The van der Waals surface area contributed by atoms with E-state index in [0.717, 1.165) is 37.8 Å². The van der Waals surface area contributed by atoms with Crippen LogP contribution < -0.4 is 10.6 Å². The average molecular weight is 615 g/mol. The van der Waals surface area contributed by atoms with Crippen molar-refractivity contribution in [2.45, 2.75) is 63.2 Å². The van der Waals surface area contributed by atoms with E-state index in [1.54, 1.807) is 24.3 Å². The molecule has 4 N–H and O–H groups in total. The van der Waals surface area contributed by atoms with Gasteiger partial charge < -0.3 is 20.8 Å². The zero-order chi connectivity index (χ0) is 31.5. The van der Waals surface area contributed by atoms with Gasteiger partial charge in [-0.25, -0.2) is 0 Å². The van der Waals surface area contributed by atoms with Crippen LogP contribution in [0.15, 0.2) is 84.9 Å². The molecule has 4 aromatic rings. The van der Waals surface area contributed by atoms with Crippen molar-refractivity contribution in [3.63, 3.8) is 0 Å². The highest BCUT2D eigenvalue weighted by molar-refractivity contribution is 5.76. The number of hydrogen-bond acceptors (Lipinski definition) is 4. The molecule has 0 amide bonds. The first kappa shape index (κ1) is 31.4. The molecule has 0 radical (unpaired) electrons. The van der Waals surface area contributed by atoms with E-state index in [0.29, 0.717) is 11.1 Å². The highest BCUT2D eigenvalue weighted by Crippen LogP contribution is 2.42. The average Bonchev–Trinajstić information content (AvgIpc) is 3.00. The molecule has 2 atom stereocenters. The molecule has 232 valence electrons. The van der Waals surface area contributed by atoms with Gasteiger partial charge in [0.05, 0.1) is 11.1 Å². The summed E-state index contributed by atoms with van der Waals surface area (Å²) in [5, 5.41) is 28.8. The van der Waals surface area contributed by atoms with Gasteiger partial charge in [-0.15, -0.1) is 0 Å². The first-order valence-electron chi connectivity index (χ1n) is 14.4. The maximum absolute atomic E-state index is 13.6. The molecule has 4 aromatic carbocycles. The zero-order valence-electron chi connectivity index (χ0n) is 23.6. The van der Waals surface area contributed by atoms with Crippen molar-refractivity contribution in [2.24, 2.45) is 0 Å². The fourth-order valence-corrected chi connectivity index (χ4v) is 5.93. The van der Waals surface area contributed by atoms with Crippen molar-refractivity contribution < 1.29 is 36.6 Å². The van der Waals surface area contributed by atoms with Gasteiger partial charge >= 0.3 is 12.4 Å². The molecule has 0 unspecified atom stereocenters. The van der Waals surface area contributed by atoms with E-state index < -0.39 is 23.5 Å². The van der Waals surface area contributed by atoms with Gasteiger partial charge in [-0.1, -0.05) is 85.6 Å². The summed E-state index contributed by atoms with van der Waals surface area (Å²) in [5.74, 6) is -0.448. The van der Waals surface area contributed by atoms with Crippen molar-refractivity contribution in [2.75, 3.05) is 0 Å². The van der Waals surface area contributed by atoms with E-state index >= 15 is 0 Å². The smallest absolute Gasteiger partial charge is 0.417 e. The Hall–Kier alpha value is -4.02. The number of phenols is 2. The van der Waals surface area contributed by atoms with Crippen LogP contribution in [0.4, 0.5) is 26.3 Å². The number of phenolic OH excluding ortho intramolecular Hbond substituents is 2. The molecule has 0 bridgehead atoms. The molecule has 10 heteroatoms.